The number of nitrogens with zero attached hydrogens (tertiary/aromatic N) is 3. The van der Waals surface area contributed by atoms with Gasteiger partial charge in [0.15, 0.2) is 0 Å². The quantitative estimate of drug-likeness (QED) is 0.715. The fourth-order valence-corrected chi connectivity index (χ4v) is 2.59. The van der Waals surface area contributed by atoms with Crippen LogP contribution >= 0.6 is 0 Å². The first-order valence-electron chi connectivity index (χ1n) is 8.50. The number of carbonyl (C=O) groups excluding carboxylic acids is 2. The Balaban J connectivity index is 0.000000438. The highest BCUT2D eigenvalue weighted by Gasteiger charge is 2.25. The number of aliphatic carboxylic acids is 2. The molecule has 1 saturated heterocycles. The van der Waals surface area contributed by atoms with Crippen molar-refractivity contribution < 1.29 is 33.8 Å². The maximum absolute atomic E-state index is 13.2. The monoisotopic (exact) mass is 403 g/mol. The molecule has 1 fully saturated rings. The van der Waals surface area contributed by atoms with Gasteiger partial charge in [0.2, 0.25) is 0 Å². The minimum atomic E-state index is -1.82. The Bertz CT molecular complexity index is 886. The number of carbonyl (C=O) groups is 4. The van der Waals surface area contributed by atoms with Crippen LogP contribution in [0.5, 0.6) is 0 Å². The van der Waals surface area contributed by atoms with Crippen molar-refractivity contribution in [3.63, 3.8) is 0 Å². The predicted octanol–water partition coefficient (Wildman–Crippen LogP) is 0.974. The van der Waals surface area contributed by atoms with Gasteiger partial charge in [-0.3, -0.25) is 14.6 Å². The second kappa shape index (κ2) is 9.93. The number of aromatic nitrogens is 1. The molecule has 2 aromatic rings. The van der Waals surface area contributed by atoms with Crippen LogP contribution in [0, 0.1) is 5.82 Å². The third-order valence-corrected chi connectivity index (χ3v) is 4.02. The summed E-state index contributed by atoms with van der Waals surface area (Å²) in [6.07, 6.45) is 3.15. The lowest BCUT2D eigenvalue weighted by molar-refractivity contribution is -0.159. The molecule has 0 radical (unpaired) electrons. The maximum Gasteiger partial charge on any atom is 0.414 e. The number of carboxylic acids is 2. The summed E-state index contributed by atoms with van der Waals surface area (Å²) in [7, 11) is 0. The van der Waals surface area contributed by atoms with Crippen molar-refractivity contribution in [2.45, 2.75) is 0 Å². The van der Waals surface area contributed by atoms with Crippen LogP contribution in [0.1, 0.15) is 20.7 Å². The Labute approximate surface area is 165 Å². The number of piperazine rings is 1. The highest BCUT2D eigenvalue weighted by Crippen LogP contribution is 2.12. The summed E-state index contributed by atoms with van der Waals surface area (Å²) in [4.78, 5) is 50.2. The molecule has 3 rings (SSSR count). The van der Waals surface area contributed by atoms with Crippen molar-refractivity contribution in [1.29, 1.82) is 0 Å². The second-order valence-corrected chi connectivity index (χ2v) is 5.95. The second-order valence-electron chi connectivity index (χ2n) is 5.95. The van der Waals surface area contributed by atoms with E-state index in [4.69, 9.17) is 19.8 Å². The van der Waals surface area contributed by atoms with Crippen LogP contribution in [0.25, 0.3) is 0 Å². The molecule has 1 aromatic heterocycles. The number of hydrogen-bond acceptors (Lipinski definition) is 5. The minimum Gasteiger partial charge on any atom is -0.473 e. The van der Waals surface area contributed by atoms with Crippen molar-refractivity contribution in [2.24, 2.45) is 0 Å². The number of rotatable bonds is 2. The summed E-state index contributed by atoms with van der Waals surface area (Å²) in [6.45, 7) is 1.77. The molecule has 9 nitrogen and oxygen atoms in total. The van der Waals surface area contributed by atoms with Gasteiger partial charge < -0.3 is 20.0 Å². The number of benzene rings is 1. The fourth-order valence-electron chi connectivity index (χ4n) is 2.59. The zero-order chi connectivity index (χ0) is 21.4. The molecule has 0 aliphatic carbocycles. The van der Waals surface area contributed by atoms with Gasteiger partial charge in [-0.05, 0) is 30.3 Å². The largest absolute Gasteiger partial charge is 0.473 e. The first kappa shape index (κ1) is 21.5. The highest BCUT2D eigenvalue weighted by molar-refractivity contribution is 6.27. The van der Waals surface area contributed by atoms with Crippen LogP contribution in [0.3, 0.4) is 0 Å². The van der Waals surface area contributed by atoms with E-state index in [0.717, 1.165) is 0 Å². The fraction of sp³-hybridized carbons (Fsp3) is 0.211. The van der Waals surface area contributed by atoms with Gasteiger partial charge in [0.05, 0.1) is 5.56 Å². The molecule has 152 valence electrons. The Hall–Kier alpha value is -3.82. The van der Waals surface area contributed by atoms with Gasteiger partial charge in [-0.2, -0.15) is 0 Å². The number of halogens is 1. The molecular weight excluding hydrogens is 385 g/mol. The minimum absolute atomic E-state index is 0.0871. The summed E-state index contributed by atoms with van der Waals surface area (Å²) in [5.41, 5.74) is 0.870. The summed E-state index contributed by atoms with van der Waals surface area (Å²) in [5, 5.41) is 14.8. The average Bonchev–Trinajstić information content (AvgIpc) is 2.74. The molecule has 2 amide bonds. The van der Waals surface area contributed by atoms with Gasteiger partial charge in [0.1, 0.15) is 5.82 Å². The van der Waals surface area contributed by atoms with Crippen molar-refractivity contribution >= 4 is 23.8 Å². The van der Waals surface area contributed by atoms with E-state index in [1.54, 1.807) is 34.2 Å². The smallest absolute Gasteiger partial charge is 0.414 e. The molecule has 29 heavy (non-hydrogen) atoms. The van der Waals surface area contributed by atoms with Crippen molar-refractivity contribution in [1.82, 2.24) is 14.8 Å². The first-order chi connectivity index (χ1) is 13.8. The van der Waals surface area contributed by atoms with E-state index < -0.39 is 17.8 Å². The van der Waals surface area contributed by atoms with Gasteiger partial charge in [0, 0.05) is 44.1 Å². The van der Waals surface area contributed by atoms with E-state index in [9.17, 15) is 14.0 Å². The molecular formula is C19H18FN3O6. The van der Waals surface area contributed by atoms with E-state index in [1.807, 2.05) is 0 Å². The van der Waals surface area contributed by atoms with Crippen molar-refractivity contribution in [2.75, 3.05) is 26.2 Å². The maximum atomic E-state index is 13.2. The lowest BCUT2D eigenvalue weighted by atomic mass is 10.1. The molecule has 2 heterocycles. The van der Waals surface area contributed by atoms with Crippen LogP contribution in [-0.4, -0.2) is 74.9 Å². The Morgan fingerprint density at radius 3 is 1.79 bits per heavy atom. The van der Waals surface area contributed by atoms with Gasteiger partial charge in [0.25, 0.3) is 11.8 Å². The Morgan fingerprint density at radius 2 is 1.34 bits per heavy atom. The normalized spacial score (nSPS) is 13.1. The summed E-state index contributed by atoms with van der Waals surface area (Å²) in [5.74, 6) is -4.37. The molecule has 0 spiro atoms. The van der Waals surface area contributed by atoms with Crippen LogP contribution in [-0.2, 0) is 9.59 Å². The summed E-state index contributed by atoms with van der Waals surface area (Å²) >= 11 is 0. The van der Waals surface area contributed by atoms with Crippen molar-refractivity contribution in [3.8, 4) is 0 Å². The third-order valence-electron chi connectivity index (χ3n) is 4.02. The molecule has 10 heteroatoms. The first-order valence-corrected chi connectivity index (χ1v) is 8.50. The van der Waals surface area contributed by atoms with E-state index in [1.165, 1.54) is 24.4 Å². The number of amides is 2. The van der Waals surface area contributed by atoms with E-state index in [0.29, 0.717) is 37.3 Å². The lowest BCUT2D eigenvalue weighted by Crippen LogP contribution is -2.50. The van der Waals surface area contributed by atoms with Crippen LogP contribution in [0.4, 0.5) is 4.39 Å². The van der Waals surface area contributed by atoms with Gasteiger partial charge in [-0.25, -0.2) is 14.0 Å². The highest BCUT2D eigenvalue weighted by atomic mass is 19.1. The summed E-state index contributed by atoms with van der Waals surface area (Å²) in [6, 6.07) is 9.09. The number of hydrogen-bond donors (Lipinski definition) is 2. The van der Waals surface area contributed by atoms with Gasteiger partial charge in [-0.1, -0.05) is 6.07 Å². The molecule has 1 aliphatic rings. The molecule has 1 aliphatic heterocycles. The lowest BCUT2D eigenvalue weighted by Gasteiger charge is -2.34. The van der Waals surface area contributed by atoms with Gasteiger partial charge in [-0.15, -0.1) is 0 Å². The molecule has 2 N–H and O–H groups in total. The Morgan fingerprint density at radius 1 is 0.828 bits per heavy atom. The summed E-state index contributed by atoms with van der Waals surface area (Å²) < 4.78 is 13.2. The van der Waals surface area contributed by atoms with E-state index >= 15 is 0 Å². The number of pyridine rings is 1. The SMILES string of the molecule is O=C(O)C(=O)O.O=C(c1cccnc1)N1CCN(C(=O)c2cccc(F)c2)CC1. The van der Waals surface area contributed by atoms with Gasteiger partial charge >= 0.3 is 11.9 Å². The van der Waals surface area contributed by atoms with E-state index in [-0.39, 0.29) is 11.8 Å². The topological polar surface area (TPSA) is 128 Å². The van der Waals surface area contributed by atoms with Crippen molar-refractivity contribution in [3.05, 3.63) is 65.7 Å². The standard InChI is InChI=1S/C17H16FN3O2.C2H2O4/c18-15-5-1-3-13(11-15)16(22)20-7-9-21(10-8-20)17(23)14-4-2-6-19-12-14;3-1(4)2(5)6/h1-6,11-12H,7-10H2;(H,3,4)(H,5,6). The molecule has 0 bridgehead atoms. The molecule has 0 unspecified atom stereocenters. The molecule has 0 atom stereocenters. The molecule has 1 aromatic carbocycles. The zero-order valence-corrected chi connectivity index (χ0v) is 15.2. The predicted molar refractivity (Wildman–Crippen MR) is 97.7 cm³/mol. The molecule has 0 saturated carbocycles. The number of carboxylic acid groups (broad SMARTS) is 2. The van der Waals surface area contributed by atoms with Crippen LogP contribution < -0.4 is 0 Å². The van der Waals surface area contributed by atoms with Crippen LogP contribution in [0.2, 0.25) is 0 Å². The third kappa shape index (κ3) is 6.09. The Kier molecular flexibility index (Phi) is 7.35. The van der Waals surface area contributed by atoms with Crippen LogP contribution in [0.15, 0.2) is 48.8 Å². The average molecular weight is 403 g/mol. The van der Waals surface area contributed by atoms with E-state index in [2.05, 4.69) is 4.98 Å². The zero-order valence-electron chi connectivity index (χ0n) is 15.2.